The third-order valence-corrected chi connectivity index (χ3v) is 2.27. The fraction of sp³-hybridized carbons (Fsp3) is 0. The van der Waals surface area contributed by atoms with Gasteiger partial charge in [-0.15, -0.1) is 11.3 Å². The second-order valence-electron chi connectivity index (χ2n) is 2.23. The molecule has 1 aromatic heterocycles. The first kappa shape index (κ1) is 6.42. The summed E-state index contributed by atoms with van der Waals surface area (Å²) in [5.41, 5.74) is 8.40. The number of phenolic OH excluding ortho intramolecular Hbond substituents is 1. The lowest BCUT2D eigenvalue weighted by Crippen LogP contribution is -1.84. The lowest BCUT2D eigenvalue weighted by molar-refractivity contribution is 0.479. The number of rotatable bonds is 0. The molecule has 0 bridgehead atoms. The van der Waals surface area contributed by atoms with E-state index in [9.17, 15) is 5.11 Å². The molecule has 3 nitrogen and oxygen atoms in total. The van der Waals surface area contributed by atoms with Crippen molar-refractivity contribution in [1.82, 2.24) is 4.98 Å². The summed E-state index contributed by atoms with van der Waals surface area (Å²) in [7, 11) is 0. The number of nitrogens with two attached hydrogens (primary N) is 1. The van der Waals surface area contributed by atoms with Crippen LogP contribution in [0.15, 0.2) is 17.6 Å². The smallest absolute Gasteiger partial charge is 0.140 e. The van der Waals surface area contributed by atoms with Crippen molar-refractivity contribution < 1.29 is 5.11 Å². The molecular formula is C7H6N2OS. The molecule has 0 atom stereocenters. The lowest BCUT2D eigenvalue weighted by Gasteiger charge is -1.95. The number of anilines is 1. The Morgan fingerprint density at radius 3 is 3.09 bits per heavy atom. The van der Waals surface area contributed by atoms with Crippen LogP contribution in [0, 0.1) is 0 Å². The molecule has 0 unspecified atom stereocenters. The van der Waals surface area contributed by atoms with E-state index >= 15 is 0 Å². The molecule has 3 N–H and O–H groups in total. The Morgan fingerprint density at radius 1 is 1.45 bits per heavy atom. The topological polar surface area (TPSA) is 59.1 Å². The van der Waals surface area contributed by atoms with Crippen molar-refractivity contribution in [1.29, 1.82) is 0 Å². The summed E-state index contributed by atoms with van der Waals surface area (Å²) in [6.45, 7) is 0. The molecule has 56 valence electrons. The van der Waals surface area contributed by atoms with E-state index in [0.717, 1.165) is 10.2 Å². The first-order valence-corrected chi connectivity index (χ1v) is 3.97. The van der Waals surface area contributed by atoms with Gasteiger partial charge in [0, 0.05) is 6.07 Å². The molecule has 1 aromatic carbocycles. The van der Waals surface area contributed by atoms with Crippen LogP contribution in [0.2, 0.25) is 0 Å². The molecule has 0 saturated carbocycles. The van der Waals surface area contributed by atoms with Crippen molar-refractivity contribution in [3.63, 3.8) is 0 Å². The van der Waals surface area contributed by atoms with E-state index < -0.39 is 0 Å². The molecule has 0 aliphatic rings. The molecular weight excluding hydrogens is 160 g/mol. The molecule has 0 aliphatic carbocycles. The highest BCUT2D eigenvalue weighted by molar-refractivity contribution is 7.16. The quantitative estimate of drug-likeness (QED) is 0.461. The van der Waals surface area contributed by atoms with Gasteiger partial charge in [-0.05, 0) is 6.07 Å². The van der Waals surface area contributed by atoms with Gasteiger partial charge in [-0.3, -0.25) is 0 Å². The largest absolute Gasteiger partial charge is 0.506 e. The number of thiazole rings is 1. The lowest BCUT2D eigenvalue weighted by atomic mass is 10.3. The molecule has 0 spiro atoms. The number of aromatic nitrogens is 1. The predicted octanol–water partition coefficient (Wildman–Crippen LogP) is 1.58. The van der Waals surface area contributed by atoms with Gasteiger partial charge in [-0.1, -0.05) is 0 Å². The SMILES string of the molecule is Nc1cc2ncsc2cc1O. The summed E-state index contributed by atoms with van der Waals surface area (Å²) in [5, 5.41) is 9.19. The predicted molar refractivity (Wildman–Crippen MR) is 45.7 cm³/mol. The number of nitrogen functional groups attached to an aromatic ring is 1. The number of fused-ring (bicyclic) bond motifs is 1. The first-order chi connectivity index (χ1) is 5.27. The summed E-state index contributed by atoms with van der Waals surface area (Å²) in [6.07, 6.45) is 0. The van der Waals surface area contributed by atoms with Crippen molar-refractivity contribution in [2.75, 3.05) is 5.73 Å². The minimum atomic E-state index is 0.127. The van der Waals surface area contributed by atoms with Crippen molar-refractivity contribution in [2.45, 2.75) is 0 Å². The van der Waals surface area contributed by atoms with Crippen LogP contribution in [0.25, 0.3) is 10.2 Å². The maximum Gasteiger partial charge on any atom is 0.140 e. The van der Waals surface area contributed by atoms with Gasteiger partial charge in [0.1, 0.15) is 5.75 Å². The van der Waals surface area contributed by atoms with Crippen LogP contribution >= 0.6 is 11.3 Å². The van der Waals surface area contributed by atoms with E-state index in [4.69, 9.17) is 5.73 Å². The van der Waals surface area contributed by atoms with Gasteiger partial charge in [-0.2, -0.15) is 0 Å². The number of nitrogens with zero attached hydrogens (tertiary/aromatic N) is 1. The summed E-state index contributed by atoms with van der Waals surface area (Å²) in [4.78, 5) is 4.05. The minimum Gasteiger partial charge on any atom is -0.506 e. The van der Waals surface area contributed by atoms with E-state index in [1.165, 1.54) is 11.3 Å². The Kier molecular flexibility index (Phi) is 1.22. The van der Waals surface area contributed by atoms with Crippen molar-refractivity contribution in [3.05, 3.63) is 17.6 Å². The minimum absolute atomic E-state index is 0.127. The monoisotopic (exact) mass is 166 g/mol. The fourth-order valence-electron chi connectivity index (χ4n) is 0.909. The zero-order valence-electron chi connectivity index (χ0n) is 5.61. The maximum absolute atomic E-state index is 9.19. The number of benzene rings is 1. The normalized spacial score (nSPS) is 10.5. The van der Waals surface area contributed by atoms with Crippen LogP contribution in [-0.4, -0.2) is 10.1 Å². The van der Waals surface area contributed by atoms with E-state index in [2.05, 4.69) is 4.98 Å². The highest BCUT2D eigenvalue weighted by Gasteiger charge is 2.01. The van der Waals surface area contributed by atoms with Crippen molar-refractivity contribution in [3.8, 4) is 5.75 Å². The second-order valence-corrected chi connectivity index (χ2v) is 3.12. The molecule has 4 heteroatoms. The van der Waals surface area contributed by atoms with Gasteiger partial charge in [0.25, 0.3) is 0 Å². The van der Waals surface area contributed by atoms with Gasteiger partial charge in [0.05, 0.1) is 21.4 Å². The highest BCUT2D eigenvalue weighted by Crippen LogP contribution is 2.28. The zero-order valence-corrected chi connectivity index (χ0v) is 6.43. The summed E-state index contributed by atoms with van der Waals surface area (Å²) < 4.78 is 0.955. The average molecular weight is 166 g/mol. The molecule has 2 aromatic rings. The fourth-order valence-corrected chi connectivity index (χ4v) is 1.60. The zero-order chi connectivity index (χ0) is 7.84. The van der Waals surface area contributed by atoms with Gasteiger partial charge in [0.15, 0.2) is 0 Å². The van der Waals surface area contributed by atoms with Crippen LogP contribution in [0.5, 0.6) is 5.75 Å². The van der Waals surface area contributed by atoms with E-state index in [1.54, 1.807) is 17.6 Å². The Labute approximate surface area is 67.1 Å². The second kappa shape index (κ2) is 2.10. The first-order valence-electron chi connectivity index (χ1n) is 3.09. The number of aromatic hydroxyl groups is 1. The molecule has 2 rings (SSSR count). The molecule has 11 heavy (non-hydrogen) atoms. The molecule has 1 heterocycles. The van der Waals surface area contributed by atoms with E-state index in [1.807, 2.05) is 0 Å². The standard InChI is InChI=1S/C7H6N2OS/c8-4-1-5-7(2-6(4)10)11-3-9-5/h1-3,10H,8H2. The van der Waals surface area contributed by atoms with Crippen LogP contribution in [0.4, 0.5) is 5.69 Å². The maximum atomic E-state index is 9.19. The van der Waals surface area contributed by atoms with Crippen LogP contribution in [0.1, 0.15) is 0 Å². The molecule has 0 saturated heterocycles. The molecule has 0 fully saturated rings. The number of hydrogen-bond acceptors (Lipinski definition) is 4. The number of hydrogen-bond donors (Lipinski definition) is 2. The summed E-state index contributed by atoms with van der Waals surface area (Å²) in [5.74, 6) is 0.127. The van der Waals surface area contributed by atoms with Crippen LogP contribution in [0.3, 0.4) is 0 Å². The van der Waals surface area contributed by atoms with Crippen LogP contribution < -0.4 is 5.73 Å². The van der Waals surface area contributed by atoms with Gasteiger partial charge in [-0.25, -0.2) is 4.98 Å². The van der Waals surface area contributed by atoms with Crippen molar-refractivity contribution in [2.24, 2.45) is 0 Å². The van der Waals surface area contributed by atoms with E-state index in [-0.39, 0.29) is 5.75 Å². The highest BCUT2D eigenvalue weighted by atomic mass is 32.1. The Bertz CT molecular complexity index is 360. The number of phenols is 1. The van der Waals surface area contributed by atoms with Crippen molar-refractivity contribution >= 4 is 27.2 Å². The Hall–Kier alpha value is -1.29. The summed E-state index contributed by atoms with van der Waals surface area (Å²) in [6, 6.07) is 3.30. The Morgan fingerprint density at radius 2 is 2.27 bits per heavy atom. The molecule has 0 aliphatic heterocycles. The third kappa shape index (κ3) is 0.914. The average Bonchev–Trinajstić information content (AvgIpc) is 2.36. The van der Waals surface area contributed by atoms with E-state index in [0.29, 0.717) is 5.69 Å². The van der Waals surface area contributed by atoms with Gasteiger partial charge < -0.3 is 10.8 Å². The third-order valence-electron chi connectivity index (χ3n) is 1.48. The molecule has 0 radical (unpaired) electrons. The van der Waals surface area contributed by atoms with Gasteiger partial charge in [0.2, 0.25) is 0 Å². The van der Waals surface area contributed by atoms with Crippen LogP contribution in [-0.2, 0) is 0 Å². The van der Waals surface area contributed by atoms with Gasteiger partial charge >= 0.3 is 0 Å². The molecule has 0 amide bonds. The Balaban J connectivity index is 2.86. The summed E-state index contributed by atoms with van der Waals surface area (Å²) >= 11 is 1.48.